The first-order valence-corrected chi connectivity index (χ1v) is 11.3. The lowest BCUT2D eigenvalue weighted by Gasteiger charge is -2.33. The Morgan fingerprint density at radius 1 is 0.533 bits per heavy atom. The zero-order chi connectivity index (χ0) is 36.5. The van der Waals surface area contributed by atoms with E-state index in [2.05, 4.69) is 9.47 Å². The molecule has 0 aromatic carbocycles. The van der Waals surface area contributed by atoms with E-state index < -0.39 is 97.8 Å². The predicted molar refractivity (Wildman–Crippen MR) is 106 cm³/mol. The molecule has 266 valence electrons. The summed E-state index contributed by atoms with van der Waals surface area (Å²) >= 11 is 0. The molecule has 0 aliphatic heterocycles. The monoisotopic (exact) mass is 711 g/mol. The van der Waals surface area contributed by atoms with Crippen LogP contribution in [0.4, 0.5) is 83.8 Å². The van der Waals surface area contributed by atoms with Gasteiger partial charge < -0.3 is 19.1 Å². The lowest BCUT2D eigenvalue weighted by molar-refractivity contribution is -0.390. The second-order valence-corrected chi connectivity index (χ2v) is 9.18. The Hall–Kier alpha value is -3.05. The molecule has 0 saturated carbocycles. The molecule has 0 atom stereocenters. The maximum atomic E-state index is 13.6. The second kappa shape index (κ2) is 13.0. The molecule has 1 amide bonds. The molecule has 25 heteroatoms. The van der Waals surface area contributed by atoms with Gasteiger partial charge in [-0.15, -0.1) is 0 Å². The van der Waals surface area contributed by atoms with Crippen LogP contribution < -0.4 is 0 Å². The smallest absolute Gasteiger partial charge is 0.459 e. The minimum absolute atomic E-state index is 0.0556. The standard InChI is InChI=1S/C20H19F18NO6/c1-4-12(2,3)45-11(42)39(5-7-43-9(40)13(21,22)15(25,26)17(29,30)19(33,34)35)6-8-44-10(41)14(23,24)16(27,28)18(31,32)20(36,37)38/h4-8H2,1-3H3. The van der Waals surface area contributed by atoms with Crippen molar-refractivity contribution in [3.05, 3.63) is 0 Å². The van der Waals surface area contributed by atoms with E-state index in [4.69, 9.17) is 4.74 Å². The van der Waals surface area contributed by atoms with E-state index in [1.165, 1.54) is 6.92 Å². The SMILES string of the molecule is CCC(C)(C)OC(=O)N(CCOC(=O)C(F)(F)C(F)(F)C(F)(F)C(F)(F)F)CCOC(=O)C(F)(F)C(F)(F)C(F)(F)C(F)(F)F. The topological polar surface area (TPSA) is 82.1 Å². The fourth-order valence-corrected chi connectivity index (χ4v) is 2.35. The van der Waals surface area contributed by atoms with Crippen LogP contribution >= 0.6 is 0 Å². The lowest BCUT2D eigenvalue weighted by Crippen LogP contribution is -2.63. The highest BCUT2D eigenvalue weighted by molar-refractivity contribution is 5.80. The molecule has 0 fully saturated rings. The van der Waals surface area contributed by atoms with Crippen LogP contribution in [0.15, 0.2) is 0 Å². The summed E-state index contributed by atoms with van der Waals surface area (Å²) in [5.74, 6) is -51.2. The molecule has 0 unspecified atom stereocenters. The number of alkyl halides is 18. The summed E-state index contributed by atoms with van der Waals surface area (Å²) in [5, 5.41) is 0. The third-order valence-corrected chi connectivity index (χ3v) is 5.46. The molecular weight excluding hydrogens is 692 g/mol. The average Bonchev–Trinajstić information content (AvgIpc) is 2.85. The highest BCUT2D eigenvalue weighted by Gasteiger charge is 2.85. The van der Waals surface area contributed by atoms with Crippen LogP contribution in [-0.2, 0) is 23.8 Å². The Balaban J connectivity index is 5.86. The van der Waals surface area contributed by atoms with Gasteiger partial charge in [0.25, 0.3) is 0 Å². The number of amides is 1. The van der Waals surface area contributed by atoms with Crippen LogP contribution in [-0.4, -0.2) is 103 Å². The van der Waals surface area contributed by atoms with E-state index in [-0.39, 0.29) is 11.3 Å². The molecule has 0 N–H and O–H groups in total. The molecular formula is C20H19F18NO6. The highest BCUT2D eigenvalue weighted by atomic mass is 19.4. The van der Waals surface area contributed by atoms with Crippen molar-refractivity contribution in [2.24, 2.45) is 0 Å². The largest absolute Gasteiger partial charge is 0.460 e. The molecule has 7 nitrogen and oxygen atoms in total. The first-order chi connectivity index (χ1) is 19.6. The molecule has 0 radical (unpaired) electrons. The van der Waals surface area contributed by atoms with Crippen LogP contribution in [0.5, 0.6) is 0 Å². The quantitative estimate of drug-likeness (QED) is 0.114. The van der Waals surface area contributed by atoms with Crippen LogP contribution in [0.2, 0.25) is 0 Å². The molecule has 0 aliphatic carbocycles. The third-order valence-electron chi connectivity index (χ3n) is 5.46. The Morgan fingerprint density at radius 3 is 1.07 bits per heavy atom. The van der Waals surface area contributed by atoms with E-state index in [9.17, 15) is 93.4 Å². The van der Waals surface area contributed by atoms with Crippen molar-refractivity contribution in [3.63, 3.8) is 0 Å². The van der Waals surface area contributed by atoms with Gasteiger partial charge in [0.2, 0.25) is 0 Å². The van der Waals surface area contributed by atoms with E-state index >= 15 is 0 Å². The molecule has 0 heterocycles. The van der Waals surface area contributed by atoms with Crippen molar-refractivity contribution in [1.29, 1.82) is 0 Å². The summed E-state index contributed by atoms with van der Waals surface area (Å²) in [6, 6.07) is 0. The Morgan fingerprint density at radius 2 is 0.822 bits per heavy atom. The number of rotatable bonds is 14. The van der Waals surface area contributed by atoms with Gasteiger partial charge in [0.15, 0.2) is 0 Å². The fourth-order valence-electron chi connectivity index (χ4n) is 2.35. The Bertz CT molecular complexity index is 1000. The van der Waals surface area contributed by atoms with Crippen LogP contribution in [0, 0.1) is 0 Å². The third kappa shape index (κ3) is 8.22. The molecule has 0 aliphatic rings. The molecule has 0 aromatic heterocycles. The van der Waals surface area contributed by atoms with Crippen molar-refractivity contribution in [1.82, 2.24) is 4.90 Å². The number of esters is 2. The van der Waals surface area contributed by atoms with Gasteiger partial charge in [0, 0.05) is 0 Å². The van der Waals surface area contributed by atoms with Gasteiger partial charge >= 0.3 is 65.9 Å². The summed E-state index contributed by atoms with van der Waals surface area (Å²) in [4.78, 5) is 34.9. The first kappa shape index (κ1) is 42.0. The van der Waals surface area contributed by atoms with Gasteiger partial charge in [0.1, 0.15) is 18.8 Å². The zero-order valence-corrected chi connectivity index (χ0v) is 22.2. The van der Waals surface area contributed by atoms with Gasteiger partial charge in [-0.25, -0.2) is 14.4 Å². The van der Waals surface area contributed by atoms with E-state index in [1.807, 2.05) is 0 Å². The van der Waals surface area contributed by atoms with Crippen LogP contribution in [0.1, 0.15) is 27.2 Å². The van der Waals surface area contributed by atoms with Crippen molar-refractivity contribution in [2.75, 3.05) is 26.3 Å². The van der Waals surface area contributed by atoms with Gasteiger partial charge in [-0.05, 0) is 20.3 Å². The zero-order valence-electron chi connectivity index (χ0n) is 22.2. The number of nitrogens with zero attached hydrogens (tertiary/aromatic N) is 1. The lowest BCUT2D eigenvalue weighted by atomic mass is 10.0. The molecule has 45 heavy (non-hydrogen) atoms. The molecule has 0 saturated heterocycles. The van der Waals surface area contributed by atoms with Gasteiger partial charge in [-0.2, -0.15) is 79.0 Å². The van der Waals surface area contributed by atoms with Gasteiger partial charge in [-0.1, -0.05) is 6.92 Å². The summed E-state index contributed by atoms with van der Waals surface area (Å²) < 4.78 is 244. The van der Waals surface area contributed by atoms with Crippen molar-refractivity contribution in [2.45, 2.75) is 80.7 Å². The minimum Gasteiger partial charge on any atom is -0.459 e. The van der Waals surface area contributed by atoms with Crippen molar-refractivity contribution in [3.8, 4) is 0 Å². The predicted octanol–water partition coefficient (Wildman–Crippen LogP) is 6.64. The normalized spacial score (nSPS) is 14.6. The molecule has 0 aromatic rings. The molecule has 0 spiro atoms. The summed E-state index contributed by atoms with van der Waals surface area (Å²) in [6.45, 7) is -2.92. The summed E-state index contributed by atoms with van der Waals surface area (Å²) in [7, 11) is 0. The molecule has 0 rings (SSSR count). The van der Waals surface area contributed by atoms with E-state index in [0.717, 1.165) is 13.8 Å². The van der Waals surface area contributed by atoms with Crippen LogP contribution in [0.3, 0.4) is 0 Å². The van der Waals surface area contributed by atoms with E-state index in [0.29, 0.717) is 0 Å². The van der Waals surface area contributed by atoms with Gasteiger partial charge in [-0.3, -0.25) is 0 Å². The Kier molecular flexibility index (Phi) is 12.1. The van der Waals surface area contributed by atoms with E-state index in [1.54, 1.807) is 0 Å². The number of halogens is 18. The number of carbonyl (C=O) groups excluding carboxylic acids is 3. The molecule has 0 bridgehead atoms. The Labute approximate surface area is 238 Å². The minimum atomic E-state index is -7.50. The first-order valence-electron chi connectivity index (χ1n) is 11.3. The number of carbonyl (C=O) groups is 3. The van der Waals surface area contributed by atoms with Crippen LogP contribution in [0.25, 0.3) is 0 Å². The van der Waals surface area contributed by atoms with Crippen molar-refractivity contribution >= 4 is 18.0 Å². The summed E-state index contributed by atoms with van der Waals surface area (Å²) in [6.07, 6.45) is -16.4. The highest BCUT2D eigenvalue weighted by Crippen LogP contribution is 2.54. The van der Waals surface area contributed by atoms with Crippen molar-refractivity contribution < 1.29 is 108 Å². The number of ether oxygens (including phenoxy) is 3. The second-order valence-electron chi connectivity index (χ2n) is 9.18. The fraction of sp³-hybridized carbons (Fsp3) is 0.850. The summed E-state index contributed by atoms with van der Waals surface area (Å²) in [5.41, 5.74) is -1.49. The van der Waals surface area contributed by atoms with Gasteiger partial charge in [0.05, 0.1) is 13.1 Å². The number of hydrogen-bond acceptors (Lipinski definition) is 6. The maximum absolute atomic E-state index is 13.6. The number of hydrogen-bond donors (Lipinski definition) is 0. The average molecular weight is 711 g/mol. The maximum Gasteiger partial charge on any atom is 0.460 e.